The molecule has 15 nitrogen and oxygen atoms in total. The van der Waals surface area contributed by atoms with Crippen LogP contribution in [0, 0.1) is 12.7 Å². The number of alkyl halides is 1. The van der Waals surface area contributed by atoms with Gasteiger partial charge >= 0.3 is 6.03 Å². The molecule has 0 radical (unpaired) electrons. The lowest BCUT2D eigenvalue weighted by atomic mass is 9.92. The van der Waals surface area contributed by atoms with E-state index in [0.29, 0.717) is 88.0 Å². The van der Waals surface area contributed by atoms with Crippen LogP contribution < -0.4 is 30.5 Å². The molecular formula is C46H53F2N11O4. The summed E-state index contributed by atoms with van der Waals surface area (Å²) in [6.45, 7) is 7.76. The number of carbonyl (C=O) groups is 2. The summed E-state index contributed by atoms with van der Waals surface area (Å²) >= 11 is 0. The molecule has 5 aliphatic rings. The molecule has 10 rings (SSSR count). The van der Waals surface area contributed by atoms with Crippen LogP contribution in [0.15, 0.2) is 67.0 Å². The van der Waals surface area contributed by atoms with Crippen LogP contribution in [-0.4, -0.2) is 130 Å². The van der Waals surface area contributed by atoms with E-state index in [-0.39, 0.29) is 42.0 Å². The molecule has 63 heavy (non-hydrogen) atoms. The number of aryl methyl sites for hydroxylation is 1. The fourth-order valence-electron chi connectivity index (χ4n) is 10.5. The molecule has 0 spiro atoms. The van der Waals surface area contributed by atoms with Crippen molar-refractivity contribution in [2.24, 2.45) is 0 Å². The Morgan fingerprint density at radius 1 is 0.921 bits per heavy atom. The number of pyridine rings is 1. The maximum absolute atomic E-state index is 16.4. The maximum atomic E-state index is 16.4. The highest BCUT2D eigenvalue weighted by molar-refractivity contribution is 6.06. The van der Waals surface area contributed by atoms with Gasteiger partial charge in [-0.3, -0.25) is 24.8 Å². The number of nitrogen functional groups attached to an aromatic ring is 1. The van der Waals surface area contributed by atoms with E-state index in [1.54, 1.807) is 29.3 Å². The zero-order chi connectivity index (χ0) is 43.4. The Morgan fingerprint density at radius 3 is 2.49 bits per heavy atom. The van der Waals surface area contributed by atoms with Gasteiger partial charge in [0.05, 0.1) is 23.3 Å². The molecule has 3 aromatic heterocycles. The first-order valence-corrected chi connectivity index (χ1v) is 22.1. The van der Waals surface area contributed by atoms with Crippen molar-refractivity contribution in [3.8, 4) is 22.8 Å². The topological polar surface area (TPSA) is 161 Å². The molecule has 2 bridgehead atoms. The number of piperidine rings is 1. The maximum Gasteiger partial charge on any atom is 0.328 e. The van der Waals surface area contributed by atoms with E-state index in [2.05, 4.69) is 45.9 Å². The van der Waals surface area contributed by atoms with Gasteiger partial charge in [-0.25, -0.2) is 18.6 Å². The number of fused-ring (bicyclic) bond motifs is 3. The molecule has 2 aromatic carbocycles. The van der Waals surface area contributed by atoms with Gasteiger partial charge < -0.3 is 29.9 Å². The summed E-state index contributed by atoms with van der Waals surface area (Å²) in [6.07, 6.45) is 7.75. The minimum absolute atomic E-state index is 0.130. The molecule has 3 atom stereocenters. The van der Waals surface area contributed by atoms with E-state index in [1.807, 2.05) is 37.3 Å². The number of anilines is 4. The van der Waals surface area contributed by atoms with Crippen LogP contribution in [0.2, 0.25) is 0 Å². The molecule has 330 valence electrons. The molecule has 2 unspecified atom stereocenters. The van der Waals surface area contributed by atoms with E-state index >= 15 is 8.78 Å². The second-order valence-electron chi connectivity index (χ2n) is 17.9. The number of hydrogen-bond acceptors (Lipinski definition) is 12. The van der Waals surface area contributed by atoms with Gasteiger partial charge in [0, 0.05) is 112 Å². The molecule has 8 heterocycles. The van der Waals surface area contributed by atoms with Gasteiger partial charge in [-0.15, -0.1) is 10.2 Å². The third kappa shape index (κ3) is 8.08. The lowest BCUT2D eigenvalue weighted by molar-refractivity contribution is -0.120. The number of ether oxygens (including phenoxy) is 1. The van der Waals surface area contributed by atoms with E-state index in [1.165, 1.54) is 6.07 Å². The van der Waals surface area contributed by atoms with E-state index in [0.717, 1.165) is 60.3 Å². The SMILES string of the molecule is Cc1cn([C@H]2CCN(CC3(F)CCN(CCOc4cc(N5C6CCC5CN(c5cc(-c7ccccc7O)nnc5N)C6)ccc4F)CC3)C2)c2ncc(N3CCC(=O)NC3=O)cc12. The van der Waals surface area contributed by atoms with Crippen molar-refractivity contribution in [1.29, 1.82) is 0 Å². The van der Waals surface area contributed by atoms with Gasteiger partial charge in [0.15, 0.2) is 17.4 Å². The van der Waals surface area contributed by atoms with E-state index < -0.39 is 17.5 Å². The zero-order valence-electron chi connectivity index (χ0n) is 35.4. The number of hydrogen-bond donors (Lipinski definition) is 3. The molecule has 5 fully saturated rings. The summed E-state index contributed by atoms with van der Waals surface area (Å²) < 4.78 is 39.8. The van der Waals surface area contributed by atoms with Crippen molar-refractivity contribution < 1.29 is 28.2 Å². The number of phenolic OH excluding ortho intramolecular Hbond substituents is 1. The number of likely N-dealkylation sites (tertiary alicyclic amines) is 2. The lowest BCUT2D eigenvalue weighted by Gasteiger charge is -2.43. The van der Waals surface area contributed by atoms with Crippen molar-refractivity contribution in [2.45, 2.75) is 69.2 Å². The van der Waals surface area contributed by atoms with Crippen LogP contribution in [0.5, 0.6) is 11.5 Å². The van der Waals surface area contributed by atoms with Crippen LogP contribution in [0.1, 0.15) is 50.1 Å². The number of nitrogens with zero attached hydrogens (tertiary/aromatic N) is 9. The van der Waals surface area contributed by atoms with Crippen molar-refractivity contribution in [2.75, 3.05) is 85.9 Å². The Kier molecular flexibility index (Phi) is 10.8. The molecule has 5 aromatic rings. The fourth-order valence-corrected chi connectivity index (χ4v) is 10.5. The molecule has 3 amide bonds. The number of piperazine rings is 1. The van der Waals surface area contributed by atoms with Gasteiger partial charge in [-0.1, -0.05) is 12.1 Å². The number of imide groups is 1. The smallest absolute Gasteiger partial charge is 0.328 e. The number of nitrogens with two attached hydrogens (primary N) is 1. The molecule has 17 heteroatoms. The number of halogens is 2. The minimum atomic E-state index is -1.29. The average molecular weight is 862 g/mol. The van der Waals surface area contributed by atoms with Crippen molar-refractivity contribution in [1.82, 2.24) is 34.9 Å². The first kappa shape index (κ1) is 41.0. The van der Waals surface area contributed by atoms with Crippen molar-refractivity contribution in [3.05, 3.63) is 78.4 Å². The first-order valence-electron chi connectivity index (χ1n) is 22.1. The van der Waals surface area contributed by atoms with E-state index in [4.69, 9.17) is 15.5 Å². The van der Waals surface area contributed by atoms with Crippen LogP contribution in [-0.2, 0) is 4.79 Å². The fraction of sp³-hybridized carbons (Fsp3) is 0.457. The number of amides is 3. The normalized spacial score (nSPS) is 22.9. The highest BCUT2D eigenvalue weighted by Gasteiger charge is 2.42. The Labute approximate surface area is 364 Å². The zero-order valence-corrected chi connectivity index (χ0v) is 35.4. The number of nitrogens with one attached hydrogen (secondary N) is 1. The summed E-state index contributed by atoms with van der Waals surface area (Å²) in [4.78, 5) is 39.5. The van der Waals surface area contributed by atoms with Crippen LogP contribution in [0.25, 0.3) is 22.3 Å². The van der Waals surface area contributed by atoms with Gasteiger partial charge in [-0.05, 0) is 81.0 Å². The van der Waals surface area contributed by atoms with Gasteiger partial charge in [0.1, 0.15) is 23.7 Å². The van der Waals surface area contributed by atoms with Crippen LogP contribution in [0.3, 0.4) is 0 Å². The van der Waals surface area contributed by atoms with Crippen molar-refractivity contribution in [3.63, 3.8) is 0 Å². The largest absolute Gasteiger partial charge is 0.507 e. The lowest BCUT2D eigenvalue weighted by Crippen LogP contribution is -2.54. The van der Waals surface area contributed by atoms with Crippen LogP contribution in [0.4, 0.5) is 36.5 Å². The molecule has 0 saturated carbocycles. The molecule has 4 N–H and O–H groups in total. The predicted molar refractivity (Wildman–Crippen MR) is 237 cm³/mol. The molecule has 0 aliphatic carbocycles. The third-order valence-corrected chi connectivity index (χ3v) is 13.8. The Hall–Kier alpha value is -6.07. The molecule has 5 saturated heterocycles. The second-order valence-corrected chi connectivity index (χ2v) is 17.9. The Balaban J connectivity index is 0.708. The van der Waals surface area contributed by atoms with Gasteiger partial charge in [-0.2, -0.15) is 0 Å². The number of aromatic nitrogens is 4. The first-order chi connectivity index (χ1) is 30.5. The summed E-state index contributed by atoms with van der Waals surface area (Å²) in [5, 5.41) is 22.2. The number of rotatable bonds is 11. The Morgan fingerprint density at radius 2 is 1.71 bits per heavy atom. The summed E-state index contributed by atoms with van der Waals surface area (Å²) in [5.74, 6) is 0.0105. The van der Waals surface area contributed by atoms with E-state index in [9.17, 15) is 14.7 Å². The highest BCUT2D eigenvalue weighted by Crippen LogP contribution is 2.41. The monoisotopic (exact) mass is 861 g/mol. The van der Waals surface area contributed by atoms with Crippen LogP contribution >= 0.6 is 0 Å². The van der Waals surface area contributed by atoms with Gasteiger partial charge in [0.25, 0.3) is 0 Å². The van der Waals surface area contributed by atoms with Gasteiger partial charge in [0.2, 0.25) is 5.91 Å². The predicted octanol–water partition coefficient (Wildman–Crippen LogP) is 5.66. The summed E-state index contributed by atoms with van der Waals surface area (Å²) in [5.41, 5.74) is 10.5. The molecule has 5 aliphatic heterocycles. The number of benzene rings is 2. The number of urea groups is 1. The Bertz CT molecular complexity index is 2530. The second kappa shape index (κ2) is 16.6. The quantitative estimate of drug-likeness (QED) is 0.150. The highest BCUT2D eigenvalue weighted by atomic mass is 19.1. The third-order valence-electron chi connectivity index (χ3n) is 13.8. The average Bonchev–Trinajstić information content (AvgIpc) is 3.94. The molecular weight excluding hydrogens is 809 g/mol. The standard InChI is InChI=1S/C46H53F2N11O4/c1-29-24-58(44-36(29)20-34(23-50-44)57-15-11-42(61)51-45(57)62)31-10-14-55(25-31)28-46(48)12-16-54(17-13-46)18-19-63-41-21-30(8-9-37(41)47)59-32-6-7-33(59)27-56(26-32)39-22-38(52-53-43(39)49)35-4-2-3-5-40(35)60/h2-5,8-9,20-24,31-33,60H,6-7,10-19,25-28H2,1H3,(H2,49,53)(H,51,61,62)/t31-,32?,33?/m0/s1. The number of para-hydroxylation sites is 1. The number of carbonyl (C=O) groups excluding carboxylic acids is 2. The summed E-state index contributed by atoms with van der Waals surface area (Å²) in [6, 6.07) is 16.1. The van der Waals surface area contributed by atoms with Crippen molar-refractivity contribution >= 4 is 45.9 Å². The number of aromatic hydroxyl groups is 1. The summed E-state index contributed by atoms with van der Waals surface area (Å²) in [7, 11) is 0. The minimum Gasteiger partial charge on any atom is -0.507 e. The number of phenols is 1.